The number of rotatable bonds is 5. The number of carboxylic acids is 1. The first-order chi connectivity index (χ1) is 9.58. The van der Waals surface area contributed by atoms with E-state index in [1.807, 2.05) is 0 Å². The number of H-pyrrole nitrogens is 1. The maximum Gasteiger partial charge on any atom is 0.305 e. The Labute approximate surface area is 118 Å². The Bertz CT molecular complexity index is 663. The smallest absolute Gasteiger partial charge is 0.305 e. The Morgan fingerprint density at radius 1 is 1.40 bits per heavy atom. The van der Waals surface area contributed by atoms with E-state index in [-0.39, 0.29) is 12.0 Å². The Hall–Kier alpha value is -2.41. The minimum atomic E-state index is -1.02. The first-order valence-electron chi connectivity index (χ1n) is 5.81. The molecule has 0 fully saturated rings. The van der Waals surface area contributed by atoms with E-state index in [1.54, 1.807) is 17.5 Å². The van der Waals surface area contributed by atoms with Gasteiger partial charge in [-0.05, 0) is 11.4 Å². The first-order valence-corrected chi connectivity index (χ1v) is 6.69. The van der Waals surface area contributed by atoms with Crippen molar-refractivity contribution in [1.29, 1.82) is 0 Å². The van der Waals surface area contributed by atoms with E-state index in [0.717, 1.165) is 4.88 Å². The van der Waals surface area contributed by atoms with Gasteiger partial charge in [0.15, 0.2) is 5.43 Å². The molecule has 0 saturated carbocycles. The van der Waals surface area contributed by atoms with E-state index in [9.17, 15) is 14.4 Å². The highest BCUT2D eigenvalue weighted by Gasteiger charge is 2.20. The molecule has 1 unspecified atom stereocenters. The minimum Gasteiger partial charge on any atom is -0.481 e. The molecule has 0 aromatic carbocycles. The molecule has 2 rings (SSSR count). The monoisotopic (exact) mass is 292 g/mol. The SMILES string of the molecule is O=C(O)CC(NC(=O)c1c[nH]ccc1=O)c1cccs1. The maximum atomic E-state index is 12.0. The van der Waals surface area contributed by atoms with Crippen molar-refractivity contribution in [1.82, 2.24) is 10.3 Å². The summed E-state index contributed by atoms with van der Waals surface area (Å²) < 4.78 is 0. The van der Waals surface area contributed by atoms with E-state index in [1.165, 1.54) is 29.8 Å². The van der Waals surface area contributed by atoms with Gasteiger partial charge < -0.3 is 15.4 Å². The number of aromatic amines is 1. The predicted octanol–water partition coefficient (Wildman–Crippen LogP) is 1.38. The standard InChI is InChI=1S/C13H12N2O4S/c16-10-3-4-14-7-8(10)13(19)15-9(6-12(17)18)11-2-1-5-20-11/h1-5,7,9H,6H2,(H,14,16)(H,15,19)(H,17,18). The summed E-state index contributed by atoms with van der Waals surface area (Å²) in [7, 11) is 0. The fourth-order valence-electron chi connectivity index (χ4n) is 1.72. The van der Waals surface area contributed by atoms with Crippen LogP contribution >= 0.6 is 11.3 Å². The number of pyridine rings is 1. The van der Waals surface area contributed by atoms with Crippen LogP contribution in [0.15, 0.2) is 40.8 Å². The summed E-state index contributed by atoms with van der Waals surface area (Å²) in [6.07, 6.45) is 2.48. The third-order valence-electron chi connectivity index (χ3n) is 2.64. The molecule has 20 heavy (non-hydrogen) atoms. The van der Waals surface area contributed by atoms with E-state index in [2.05, 4.69) is 10.3 Å². The van der Waals surface area contributed by atoms with E-state index in [0.29, 0.717) is 0 Å². The third-order valence-corrected chi connectivity index (χ3v) is 3.63. The number of amides is 1. The summed E-state index contributed by atoms with van der Waals surface area (Å²) in [5.74, 6) is -1.61. The molecule has 6 nitrogen and oxygen atoms in total. The van der Waals surface area contributed by atoms with Gasteiger partial charge in [0.05, 0.1) is 12.5 Å². The summed E-state index contributed by atoms with van der Waals surface area (Å²) >= 11 is 1.35. The summed E-state index contributed by atoms with van der Waals surface area (Å²) in [6.45, 7) is 0. The number of aromatic nitrogens is 1. The number of hydrogen-bond acceptors (Lipinski definition) is 4. The summed E-state index contributed by atoms with van der Waals surface area (Å²) in [4.78, 5) is 37.9. The number of aliphatic carboxylic acids is 1. The predicted molar refractivity (Wildman–Crippen MR) is 73.8 cm³/mol. The van der Waals surface area contributed by atoms with Crippen LogP contribution in [0.25, 0.3) is 0 Å². The van der Waals surface area contributed by atoms with Crippen LogP contribution in [-0.4, -0.2) is 22.0 Å². The molecule has 0 aliphatic carbocycles. The average Bonchev–Trinajstić information content (AvgIpc) is 2.91. The van der Waals surface area contributed by atoms with Crippen LogP contribution in [0.2, 0.25) is 0 Å². The number of hydrogen-bond donors (Lipinski definition) is 3. The number of nitrogens with one attached hydrogen (secondary N) is 2. The van der Waals surface area contributed by atoms with Crippen LogP contribution in [0.4, 0.5) is 0 Å². The van der Waals surface area contributed by atoms with Crippen molar-refractivity contribution in [3.05, 3.63) is 56.6 Å². The van der Waals surface area contributed by atoms with Crippen LogP contribution in [0.5, 0.6) is 0 Å². The molecule has 0 spiro atoms. The Morgan fingerprint density at radius 3 is 2.80 bits per heavy atom. The van der Waals surface area contributed by atoms with Crippen molar-refractivity contribution in [2.24, 2.45) is 0 Å². The van der Waals surface area contributed by atoms with Gasteiger partial charge in [0.1, 0.15) is 5.56 Å². The van der Waals surface area contributed by atoms with E-state index in [4.69, 9.17) is 5.11 Å². The van der Waals surface area contributed by atoms with Crippen molar-refractivity contribution in [2.75, 3.05) is 0 Å². The van der Waals surface area contributed by atoms with Gasteiger partial charge in [0, 0.05) is 23.3 Å². The third kappa shape index (κ3) is 3.33. The molecule has 1 amide bonds. The summed E-state index contributed by atoms with van der Waals surface area (Å²) in [5.41, 5.74) is -0.457. The molecule has 104 valence electrons. The molecule has 0 radical (unpaired) electrons. The van der Waals surface area contributed by atoms with Crippen LogP contribution in [0.1, 0.15) is 27.7 Å². The molecular formula is C13H12N2O4S. The van der Waals surface area contributed by atoms with Crippen molar-refractivity contribution in [3.63, 3.8) is 0 Å². The Balaban J connectivity index is 2.20. The van der Waals surface area contributed by atoms with Crippen LogP contribution in [0, 0.1) is 0 Å². The lowest BCUT2D eigenvalue weighted by atomic mass is 10.1. The Morgan fingerprint density at radius 2 is 2.20 bits per heavy atom. The van der Waals surface area contributed by atoms with Crippen molar-refractivity contribution < 1.29 is 14.7 Å². The molecule has 0 aliphatic heterocycles. The van der Waals surface area contributed by atoms with Crippen LogP contribution < -0.4 is 10.7 Å². The highest BCUT2D eigenvalue weighted by molar-refractivity contribution is 7.10. The zero-order valence-electron chi connectivity index (χ0n) is 10.3. The largest absolute Gasteiger partial charge is 0.481 e. The zero-order valence-corrected chi connectivity index (χ0v) is 11.1. The molecule has 3 N–H and O–H groups in total. The lowest BCUT2D eigenvalue weighted by molar-refractivity contribution is -0.137. The highest BCUT2D eigenvalue weighted by Crippen LogP contribution is 2.22. The van der Waals surface area contributed by atoms with Crippen molar-refractivity contribution >= 4 is 23.2 Å². The zero-order chi connectivity index (χ0) is 14.5. The molecule has 0 aliphatic rings. The molecular weight excluding hydrogens is 280 g/mol. The van der Waals surface area contributed by atoms with Gasteiger partial charge in [-0.1, -0.05) is 6.07 Å². The number of carbonyl (C=O) groups excluding carboxylic acids is 1. The van der Waals surface area contributed by atoms with Gasteiger partial charge in [-0.15, -0.1) is 11.3 Å². The quantitative estimate of drug-likeness (QED) is 0.775. The summed E-state index contributed by atoms with van der Waals surface area (Å²) in [6, 6.07) is 4.11. The molecule has 1 atom stereocenters. The molecule has 2 heterocycles. The fraction of sp³-hybridized carbons (Fsp3) is 0.154. The second-order valence-electron chi connectivity index (χ2n) is 4.06. The number of thiophene rings is 1. The maximum absolute atomic E-state index is 12.0. The topological polar surface area (TPSA) is 99.3 Å². The van der Waals surface area contributed by atoms with Crippen molar-refractivity contribution in [3.8, 4) is 0 Å². The summed E-state index contributed by atoms with van der Waals surface area (Å²) in [5, 5.41) is 13.3. The number of carbonyl (C=O) groups is 2. The average molecular weight is 292 g/mol. The van der Waals surface area contributed by atoms with Crippen LogP contribution in [-0.2, 0) is 4.79 Å². The van der Waals surface area contributed by atoms with Gasteiger partial charge in [-0.2, -0.15) is 0 Å². The van der Waals surface area contributed by atoms with Crippen molar-refractivity contribution in [2.45, 2.75) is 12.5 Å². The second kappa shape index (κ2) is 6.16. The molecule has 2 aromatic rings. The molecule has 0 bridgehead atoms. The van der Waals surface area contributed by atoms with Gasteiger partial charge in [0.2, 0.25) is 0 Å². The van der Waals surface area contributed by atoms with Crippen LogP contribution in [0.3, 0.4) is 0 Å². The molecule has 0 saturated heterocycles. The lowest BCUT2D eigenvalue weighted by Crippen LogP contribution is -2.32. The first kappa shape index (κ1) is 14.0. The molecule has 2 aromatic heterocycles. The number of carboxylic acid groups (broad SMARTS) is 1. The minimum absolute atomic E-state index is 0.0422. The second-order valence-corrected chi connectivity index (χ2v) is 5.04. The van der Waals surface area contributed by atoms with Gasteiger partial charge >= 0.3 is 5.97 Å². The fourth-order valence-corrected chi connectivity index (χ4v) is 2.49. The van der Waals surface area contributed by atoms with E-state index >= 15 is 0 Å². The Kier molecular flexibility index (Phi) is 4.31. The van der Waals surface area contributed by atoms with E-state index < -0.39 is 23.3 Å². The van der Waals surface area contributed by atoms with Gasteiger partial charge in [0.25, 0.3) is 5.91 Å². The highest BCUT2D eigenvalue weighted by atomic mass is 32.1. The molecule has 7 heteroatoms. The lowest BCUT2D eigenvalue weighted by Gasteiger charge is -2.15. The van der Waals surface area contributed by atoms with Gasteiger partial charge in [-0.25, -0.2) is 0 Å². The normalized spacial score (nSPS) is 11.8. The van der Waals surface area contributed by atoms with Gasteiger partial charge in [-0.3, -0.25) is 14.4 Å².